The first kappa shape index (κ1) is 12.9. The van der Waals surface area contributed by atoms with Crippen molar-refractivity contribution in [3.63, 3.8) is 0 Å². The molecule has 0 amide bonds. The van der Waals surface area contributed by atoms with Crippen molar-refractivity contribution in [3.8, 4) is 6.07 Å². The van der Waals surface area contributed by atoms with Crippen molar-refractivity contribution in [1.82, 2.24) is 5.32 Å². The Labute approximate surface area is 126 Å². The Morgan fingerprint density at radius 1 is 1.24 bits per heavy atom. The number of nitriles is 1. The quantitative estimate of drug-likeness (QED) is 0.874. The smallest absolute Gasteiger partial charge is 0.0994 e. The third-order valence-corrected chi connectivity index (χ3v) is 5.13. The average Bonchev–Trinajstić information content (AvgIpc) is 3.14. The first-order valence-corrected chi connectivity index (χ1v) is 8.11. The fraction of sp³-hybridized carbons (Fsp3) is 0.500. The topological polar surface area (TPSA) is 47.9 Å². The van der Waals surface area contributed by atoms with Gasteiger partial charge in [0.15, 0.2) is 0 Å². The van der Waals surface area contributed by atoms with Crippen LogP contribution in [0.1, 0.15) is 48.8 Å². The van der Waals surface area contributed by atoms with Crippen molar-refractivity contribution in [1.29, 1.82) is 5.26 Å². The minimum atomic E-state index is 0.523. The molecule has 1 heterocycles. The summed E-state index contributed by atoms with van der Waals surface area (Å²) in [4.78, 5) is 0. The Bertz CT molecular complexity index is 645. The minimum Gasteiger partial charge on any atom is -0.380 e. The van der Waals surface area contributed by atoms with Gasteiger partial charge >= 0.3 is 0 Å². The summed E-state index contributed by atoms with van der Waals surface area (Å²) in [6.07, 6.45) is 7.20. The van der Waals surface area contributed by atoms with E-state index in [4.69, 9.17) is 0 Å². The van der Waals surface area contributed by atoms with Crippen molar-refractivity contribution in [2.45, 2.75) is 44.6 Å². The van der Waals surface area contributed by atoms with Crippen LogP contribution < -0.4 is 10.6 Å². The highest BCUT2D eigenvalue weighted by atomic mass is 15.0. The SMILES string of the molecule is N#Cc1ccc(N[C@H]2CCNC2)c2c1CC1=C2CCCC1. The molecule has 21 heavy (non-hydrogen) atoms. The van der Waals surface area contributed by atoms with Crippen LogP contribution in [0.3, 0.4) is 0 Å². The van der Waals surface area contributed by atoms with Crippen molar-refractivity contribution < 1.29 is 0 Å². The Hall–Kier alpha value is -1.79. The fourth-order valence-corrected chi connectivity index (χ4v) is 4.08. The number of nitrogens with one attached hydrogen (secondary N) is 2. The van der Waals surface area contributed by atoms with Crippen LogP contribution in [0, 0.1) is 11.3 Å². The summed E-state index contributed by atoms with van der Waals surface area (Å²) in [5.74, 6) is 0. The standard InChI is InChI=1S/C18H21N3/c19-10-13-5-6-17(21-14-7-8-20-11-14)18-15-4-2-1-3-12(15)9-16(13)18/h5-6,14,20-21H,1-4,7-9,11H2/t14-/m0/s1. The molecule has 3 heteroatoms. The fourth-order valence-electron chi connectivity index (χ4n) is 4.08. The summed E-state index contributed by atoms with van der Waals surface area (Å²) >= 11 is 0. The van der Waals surface area contributed by atoms with Gasteiger partial charge in [-0.1, -0.05) is 5.57 Å². The van der Waals surface area contributed by atoms with Crippen molar-refractivity contribution in [3.05, 3.63) is 34.4 Å². The Morgan fingerprint density at radius 2 is 2.14 bits per heavy atom. The zero-order valence-corrected chi connectivity index (χ0v) is 12.3. The maximum absolute atomic E-state index is 9.41. The summed E-state index contributed by atoms with van der Waals surface area (Å²) < 4.78 is 0. The number of hydrogen-bond acceptors (Lipinski definition) is 3. The van der Waals surface area contributed by atoms with Gasteiger partial charge in [-0.3, -0.25) is 0 Å². The van der Waals surface area contributed by atoms with Crippen LogP contribution in [-0.2, 0) is 6.42 Å². The monoisotopic (exact) mass is 279 g/mol. The second kappa shape index (κ2) is 5.20. The van der Waals surface area contributed by atoms with E-state index in [1.165, 1.54) is 48.9 Å². The normalized spacial score (nSPS) is 23.7. The molecule has 3 nitrogen and oxygen atoms in total. The largest absolute Gasteiger partial charge is 0.380 e. The molecule has 0 bridgehead atoms. The molecule has 0 spiro atoms. The highest BCUT2D eigenvalue weighted by Gasteiger charge is 2.29. The van der Waals surface area contributed by atoms with Gasteiger partial charge in [0.05, 0.1) is 11.6 Å². The lowest BCUT2D eigenvalue weighted by Crippen LogP contribution is -2.22. The van der Waals surface area contributed by atoms with E-state index in [1.54, 1.807) is 11.1 Å². The lowest BCUT2D eigenvalue weighted by atomic mass is 9.91. The molecule has 108 valence electrons. The Morgan fingerprint density at radius 3 is 2.95 bits per heavy atom. The number of hydrogen-bond donors (Lipinski definition) is 2. The molecule has 1 aromatic rings. The van der Waals surface area contributed by atoms with Crippen LogP contribution in [0.25, 0.3) is 5.57 Å². The second-order valence-electron chi connectivity index (χ2n) is 6.43. The molecule has 2 N–H and O–H groups in total. The first-order chi connectivity index (χ1) is 10.4. The summed E-state index contributed by atoms with van der Waals surface area (Å²) in [6.45, 7) is 2.14. The molecule has 1 fully saturated rings. The Balaban J connectivity index is 1.76. The predicted octanol–water partition coefficient (Wildman–Crippen LogP) is 3.22. The average molecular weight is 279 g/mol. The number of rotatable bonds is 2. The molecule has 3 aliphatic rings. The number of anilines is 1. The van der Waals surface area contributed by atoms with E-state index in [9.17, 15) is 5.26 Å². The van der Waals surface area contributed by atoms with Crippen LogP contribution in [0.4, 0.5) is 5.69 Å². The van der Waals surface area contributed by atoms with E-state index in [2.05, 4.69) is 22.8 Å². The van der Waals surface area contributed by atoms with Crippen molar-refractivity contribution in [2.24, 2.45) is 0 Å². The van der Waals surface area contributed by atoms with Gasteiger partial charge in [0.2, 0.25) is 0 Å². The second-order valence-corrected chi connectivity index (χ2v) is 6.43. The zero-order chi connectivity index (χ0) is 14.2. The predicted molar refractivity (Wildman–Crippen MR) is 85.1 cm³/mol. The van der Waals surface area contributed by atoms with E-state index in [-0.39, 0.29) is 0 Å². The lowest BCUT2D eigenvalue weighted by molar-refractivity contribution is 0.711. The van der Waals surface area contributed by atoms with Gasteiger partial charge in [0.25, 0.3) is 0 Å². The highest BCUT2D eigenvalue weighted by Crippen LogP contribution is 2.46. The van der Waals surface area contributed by atoms with E-state index in [0.717, 1.165) is 25.1 Å². The summed E-state index contributed by atoms with van der Waals surface area (Å²) in [6, 6.07) is 7.04. The summed E-state index contributed by atoms with van der Waals surface area (Å²) in [7, 11) is 0. The molecule has 1 aromatic carbocycles. The van der Waals surface area contributed by atoms with Gasteiger partial charge in [-0.25, -0.2) is 0 Å². The maximum atomic E-state index is 9.41. The lowest BCUT2D eigenvalue weighted by Gasteiger charge is -2.20. The molecule has 0 saturated carbocycles. The molecule has 0 radical (unpaired) electrons. The van der Waals surface area contributed by atoms with Gasteiger partial charge in [-0.15, -0.1) is 0 Å². The number of benzene rings is 1. The van der Waals surface area contributed by atoms with Crippen LogP contribution in [0.5, 0.6) is 0 Å². The molecule has 1 saturated heterocycles. The summed E-state index contributed by atoms with van der Waals surface area (Å²) in [5.41, 5.74) is 7.91. The third-order valence-electron chi connectivity index (χ3n) is 5.13. The van der Waals surface area contributed by atoms with Crippen LogP contribution in [0.2, 0.25) is 0 Å². The zero-order valence-electron chi connectivity index (χ0n) is 12.3. The van der Waals surface area contributed by atoms with Crippen LogP contribution in [0.15, 0.2) is 17.7 Å². The molecule has 2 aliphatic carbocycles. The third kappa shape index (κ3) is 2.15. The summed E-state index contributed by atoms with van der Waals surface area (Å²) in [5, 5.41) is 16.5. The van der Waals surface area contributed by atoms with Gasteiger partial charge in [0, 0.05) is 23.8 Å². The molecule has 1 aliphatic heterocycles. The van der Waals surface area contributed by atoms with Gasteiger partial charge in [-0.05, 0) is 68.3 Å². The van der Waals surface area contributed by atoms with E-state index in [1.807, 2.05) is 6.07 Å². The molecule has 4 rings (SSSR count). The Kier molecular flexibility index (Phi) is 3.20. The van der Waals surface area contributed by atoms with Gasteiger partial charge in [-0.2, -0.15) is 5.26 Å². The molecule has 1 atom stereocenters. The number of allylic oxidation sites excluding steroid dienone is 2. The van der Waals surface area contributed by atoms with E-state index in [0.29, 0.717) is 6.04 Å². The first-order valence-electron chi connectivity index (χ1n) is 8.11. The molecule has 0 unspecified atom stereocenters. The molecular weight excluding hydrogens is 258 g/mol. The van der Waals surface area contributed by atoms with Crippen LogP contribution in [-0.4, -0.2) is 19.1 Å². The minimum absolute atomic E-state index is 0.523. The van der Waals surface area contributed by atoms with Gasteiger partial charge < -0.3 is 10.6 Å². The molecule has 0 aromatic heterocycles. The van der Waals surface area contributed by atoms with Crippen molar-refractivity contribution in [2.75, 3.05) is 18.4 Å². The van der Waals surface area contributed by atoms with E-state index >= 15 is 0 Å². The number of nitrogens with zero attached hydrogens (tertiary/aromatic N) is 1. The number of fused-ring (bicyclic) bond motifs is 2. The van der Waals surface area contributed by atoms with E-state index < -0.39 is 0 Å². The van der Waals surface area contributed by atoms with Gasteiger partial charge in [0.1, 0.15) is 0 Å². The maximum Gasteiger partial charge on any atom is 0.0994 e. The highest BCUT2D eigenvalue weighted by molar-refractivity contribution is 5.86. The van der Waals surface area contributed by atoms with Crippen molar-refractivity contribution >= 4 is 11.3 Å². The molecular formula is C18H21N3. The van der Waals surface area contributed by atoms with Crippen LogP contribution >= 0.6 is 0 Å².